The molecule has 0 bridgehead atoms. The molecule has 0 aliphatic heterocycles. The van der Waals surface area contributed by atoms with Crippen molar-refractivity contribution in [1.29, 1.82) is 0 Å². The molecule has 1 N–H and O–H groups in total. The maximum absolute atomic E-state index is 13.5. The molecule has 0 fully saturated rings. The number of carbonyl (C=O) groups is 1. The molecule has 0 amide bonds. The van der Waals surface area contributed by atoms with Crippen molar-refractivity contribution in [2.45, 2.75) is 13.5 Å². The van der Waals surface area contributed by atoms with E-state index in [4.69, 9.17) is 14.6 Å². The van der Waals surface area contributed by atoms with Crippen molar-refractivity contribution in [3.8, 4) is 11.5 Å². The van der Waals surface area contributed by atoms with Crippen LogP contribution in [0.5, 0.6) is 11.5 Å². The van der Waals surface area contributed by atoms with Gasteiger partial charge in [-0.1, -0.05) is 18.2 Å². The van der Waals surface area contributed by atoms with Gasteiger partial charge in [-0.3, -0.25) is 0 Å². The Morgan fingerprint density at radius 3 is 2.62 bits per heavy atom. The highest BCUT2D eigenvalue weighted by Crippen LogP contribution is 2.22. The van der Waals surface area contributed by atoms with Crippen LogP contribution >= 0.6 is 0 Å². The smallest absolute Gasteiger partial charge is 0.338 e. The highest BCUT2D eigenvalue weighted by atomic mass is 19.1. The number of benzene rings is 2. The second-order valence-electron chi connectivity index (χ2n) is 4.28. The molecule has 2 aromatic rings. The van der Waals surface area contributed by atoms with Gasteiger partial charge in [0, 0.05) is 11.6 Å². The molecule has 0 aromatic heterocycles. The molecule has 2 aromatic carbocycles. The fourth-order valence-electron chi connectivity index (χ4n) is 1.84. The summed E-state index contributed by atoms with van der Waals surface area (Å²) in [4.78, 5) is 10.7. The van der Waals surface area contributed by atoms with E-state index >= 15 is 0 Å². The maximum atomic E-state index is 13.5. The lowest BCUT2D eigenvalue weighted by molar-refractivity contribution is 0.0692. The summed E-state index contributed by atoms with van der Waals surface area (Å²) in [6, 6.07) is 11.1. The summed E-state index contributed by atoms with van der Waals surface area (Å²) in [6.07, 6.45) is 0. The van der Waals surface area contributed by atoms with E-state index in [1.165, 1.54) is 12.1 Å². The lowest BCUT2D eigenvalue weighted by Gasteiger charge is -2.11. The average molecular weight is 290 g/mol. The number of rotatable bonds is 6. The van der Waals surface area contributed by atoms with Crippen molar-refractivity contribution >= 4 is 5.97 Å². The number of hydrogen-bond acceptors (Lipinski definition) is 3. The molecule has 21 heavy (non-hydrogen) atoms. The second kappa shape index (κ2) is 6.74. The summed E-state index contributed by atoms with van der Waals surface area (Å²) in [5, 5.41) is 8.76. The van der Waals surface area contributed by atoms with Gasteiger partial charge in [0.25, 0.3) is 0 Å². The van der Waals surface area contributed by atoms with Crippen LogP contribution in [-0.2, 0) is 6.61 Å². The standard InChI is InChI=1S/C16H15FO4/c1-2-20-15-6-4-3-5-11(15)10-21-12-7-8-13(16(18)19)14(17)9-12/h3-9H,2,10H2,1H3,(H,18,19). The van der Waals surface area contributed by atoms with Crippen LogP contribution < -0.4 is 9.47 Å². The summed E-state index contributed by atoms with van der Waals surface area (Å²) in [5.41, 5.74) is 0.458. The molecule has 0 radical (unpaired) electrons. The quantitative estimate of drug-likeness (QED) is 0.884. The van der Waals surface area contributed by atoms with Crippen LogP contribution in [-0.4, -0.2) is 17.7 Å². The number of halogens is 1. The van der Waals surface area contributed by atoms with Gasteiger partial charge in [0.15, 0.2) is 0 Å². The Hall–Kier alpha value is -2.56. The Morgan fingerprint density at radius 2 is 1.95 bits per heavy atom. The lowest BCUT2D eigenvalue weighted by Crippen LogP contribution is -2.03. The first-order valence-corrected chi connectivity index (χ1v) is 6.48. The second-order valence-corrected chi connectivity index (χ2v) is 4.28. The number of para-hydroxylation sites is 1. The van der Waals surface area contributed by atoms with Gasteiger partial charge in [0.2, 0.25) is 0 Å². The van der Waals surface area contributed by atoms with E-state index in [0.29, 0.717) is 12.4 Å². The van der Waals surface area contributed by atoms with E-state index < -0.39 is 11.8 Å². The minimum atomic E-state index is -1.30. The van der Waals surface area contributed by atoms with E-state index in [0.717, 1.165) is 11.6 Å². The van der Waals surface area contributed by atoms with E-state index in [-0.39, 0.29) is 17.9 Å². The van der Waals surface area contributed by atoms with Gasteiger partial charge in [-0.2, -0.15) is 0 Å². The zero-order valence-electron chi connectivity index (χ0n) is 11.5. The fraction of sp³-hybridized carbons (Fsp3) is 0.188. The molecular formula is C16H15FO4. The zero-order chi connectivity index (χ0) is 15.2. The third kappa shape index (κ3) is 3.72. The van der Waals surface area contributed by atoms with E-state index in [2.05, 4.69) is 0 Å². The summed E-state index contributed by atoms with van der Waals surface area (Å²) in [7, 11) is 0. The molecule has 4 nitrogen and oxygen atoms in total. The van der Waals surface area contributed by atoms with Crippen LogP contribution in [0.1, 0.15) is 22.8 Å². The Bertz CT molecular complexity index is 640. The number of aromatic carboxylic acids is 1. The Kier molecular flexibility index (Phi) is 4.77. The van der Waals surface area contributed by atoms with E-state index in [1.54, 1.807) is 0 Å². The average Bonchev–Trinajstić information content (AvgIpc) is 2.46. The van der Waals surface area contributed by atoms with Crippen molar-refractivity contribution in [1.82, 2.24) is 0 Å². The van der Waals surface area contributed by atoms with Crippen LogP contribution in [0, 0.1) is 5.82 Å². The number of ether oxygens (including phenoxy) is 2. The van der Waals surface area contributed by atoms with Crippen LogP contribution in [0.3, 0.4) is 0 Å². The van der Waals surface area contributed by atoms with Gasteiger partial charge in [-0.15, -0.1) is 0 Å². The van der Waals surface area contributed by atoms with Crippen LogP contribution in [0.25, 0.3) is 0 Å². The molecule has 5 heteroatoms. The topological polar surface area (TPSA) is 55.8 Å². The molecular weight excluding hydrogens is 275 g/mol. The first-order chi connectivity index (χ1) is 10.1. The maximum Gasteiger partial charge on any atom is 0.338 e. The van der Waals surface area contributed by atoms with Crippen molar-refractivity contribution in [2.75, 3.05) is 6.61 Å². The SMILES string of the molecule is CCOc1ccccc1COc1ccc(C(=O)O)c(F)c1. The number of hydrogen-bond donors (Lipinski definition) is 1. The number of carboxylic acid groups (broad SMARTS) is 1. The van der Waals surface area contributed by atoms with Gasteiger partial charge in [0.1, 0.15) is 23.9 Å². The molecule has 0 atom stereocenters. The minimum absolute atomic E-state index is 0.210. The van der Waals surface area contributed by atoms with Gasteiger partial charge >= 0.3 is 5.97 Å². The van der Waals surface area contributed by atoms with E-state index in [9.17, 15) is 9.18 Å². The van der Waals surface area contributed by atoms with E-state index in [1.807, 2.05) is 31.2 Å². The highest BCUT2D eigenvalue weighted by Gasteiger charge is 2.11. The van der Waals surface area contributed by atoms with Gasteiger partial charge in [-0.25, -0.2) is 9.18 Å². The molecule has 0 spiro atoms. The minimum Gasteiger partial charge on any atom is -0.493 e. The predicted octanol–water partition coefficient (Wildman–Crippen LogP) is 3.50. The molecule has 0 aliphatic carbocycles. The third-order valence-electron chi connectivity index (χ3n) is 2.84. The monoisotopic (exact) mass is 290 g/mol. The first-order valence-electron chi connectivity index (χ1n) is 6.48. The fourth-order valence-corrected chi connectivity index (χ4v) is 1.84. The molecule has 0 saturated carbocycles. The number of carboxylic acids is 1. The van der Waals surface area contributed by atoms with Crippen LogP contribution in [0.2, 0.25) is 0 Å². The van der Waals surface area contributed by atoms with Crippen LogP contribution in [0.15, 0.2) is 42.5 Å². The van der Waals surface area contributed by atoms with Crippen molar-refractivity contribution in [2.24, 2.45) is 0 Å². The van der Waals surface area contributed by atoms with Gasteiger partial charge in [0.05, 0.1) is 12.2 Å². The highest BCUT2D eigenvalue weighted by molar-refractivity contribution is 5.88. The Balaban J connectivity index is 2.10. The van der Waals surface area contributed by atoms with Gasteiger partial charge < -0.3 is 14.6 Å². The predicted molar refractivity (Wildman–Crippen MR) is 75.3 cm³/mol. The third-order valence-corrected chi connectivity index (χ3v) is 2.84. The summed E-state index contributed by atoms with van der Waals surface area (Å²) in [6.45, 7) is 2.64. The Morgan fingerprint density at radius 1 is 1.19 bits per heavy atom. The molecule has 0 saturated heterocycles. The molecule has 110 valence electrons. The molecule has 0 heterocycles. The van der Waals surface area contributed by atoms with Crippen LogP contribution in [0.4, 0.5) is 4.39 Å². The molecule has 0 aliphatic rings. The normalized spacial score (nSPS) is 10.2. The first kappa shape index (κ1) is 14.8. The lowest BCUT2D eigenvalue weighted by atomic mass is 10.2. The summed E-state index contributed by atoms with van der Waals surface area (Å²) < 4.78 is 24.5. The molecule has 0 unspecified atom stereocenters. The zero-order valence-corrected chi connectivity index (χ0v) is 11.5. The summed E-state index contributed by atoms with van der Waals surface area (Å²) >= 11 is 0. The Labute approximate surface area is 121 Å². The van der Waals surface area contributed by atoms with Crippen molar-refractivity contribution in [3.05, 3.63) is 59.4 Å². The van der Waals surface area contributed by atoms with Crippen molar-refractivity contribution in [3.63, 3.8) is 0 Å². The molecule has 2 rings (SSSR count). The largest absolute Gasteiger partial charge is 0.493 e. The van der Waals surface area contributed by atoms with Gasteiger partial charge in [-0.05, 0) is 25.1 Å². The summed E-state index contributed by atoms with van der Waals surface area (Å²) in [5.74, 6) is -1.15. The van der Waals surface area contributed by atoms with Crippen molar-refractivity contribution < 1.29 is 23.8 Å².